The smallest absolute Gasteiger partial charge is 0.259 e. The predicted octanol–water partition coefficient (Wildman–Crippen LogP) is 7.97. The third kappa shape index (κ3) is 5.72. The van der Waals surface area contributed by atoms with E-state index in [2.05, 4.69) is 21.2 Å². The number of hydrogen-bond donors (Lipinski definition) is 1. The van der Waals surface area contributed by atoms with Crippen LogP contribution in [0.4, 0.5) is 10.7 Å². The van der Waals surface area contributed by atoms with Crippen molar-refractivity contribution in [2.24, 2.45) is 4.99 Å². The van der Waals surface area contributed by atoms with E-state index < -0.39 is 0 Å². The second kappa shape index (κ2) is 11.0. The van der Waals surface area contributed by atoms with E-state index in [1.165, 1.54) is 4.88 Å². The van der Waals surface area contributed by atoms with Gasteiger partial charge in [-0.1, -0.05) is 58.4 Å². The zero-order valence-electron chi connectivity index (χ0n) is 19.2. The van der Waals surface area contributed by atoms with E-state index in [0.717, 1.165) is 63.3 Å². The molecule has 0 fully saturated rings. The molecule has 176 valence electrons. The molecule has 35 heavy (non-hydrogen) atoms. The monoisotopic (exact) mass is 544 g/mol. The topological polar surface area (TPSA) is 50.7 Å². The number of thiophene rings is 1. The van der Waals surface area contributed by atoms with Gasteiger partial charge in [0.15, 0.2) is 0 Å². The molecule has 0 atom stereocenters. The van der Waals surface area contributed by atoms with Gasteiger partial charge in [-0.05, 0) is 73.2 Å². The molecule has 0 bridgehead atoms. The standard InChI is InChI=1S/C29H25BrN2O2S/c30-22-16-14-20(15-17-22)19-34-25-12-6-4-8-21(25)18-31-29-27(24-11-5-7-13-26(24)35-29)28(33)32-23-9-2-1-3-10-23/h1-4,6,8-10,12,14-18H,5,7,11,13,19H2,(H,32,33). The number of anilines is 1. The fourth-order valence-electron chi connectivity index (χ4n) is 4.18. The van der Waals surface area contributed by atoms with E-state index in [0.29, 0.717) is 12.2 Å². The Morgan fingerprint density at radius 3 is 2.54 bits per heavy atom. The second-order valence-electron chi connectivity index (χ2n) is 8.42. The number of ether oxygens (including phenoxy) is 1. The molecule has 1 aliphatic carbocycles. The average Bonchev–Trinajstić information content (AvgIpc) is 3.27. The highest BCUT2D eigenvalue weighted by Crippen LogP contribution is 2.40. The lowest BCUT2D eigenvalue weighted by Crippen LogP contribution is -2.14. The van der Waals surface area contributed by atoms with Crippen molar-refractivity contribution in [1.82, 2.24) is 0 Å². The first-order chi connectivity index (χ1) is 17.2. The SMILES string of the molecule is O=C(Nc1ccccc1)c1c(N=Cc2ccccc2OCc2ccc(Br)cc2)sc2c1CCCC2. The number of halogens is 1. The highest BCUT2D eigenvalue weighted by atomic mass is 79.9. The molecule has 1 aromatic heterocycles. The van der Waals surface area contributed by atoms with Gasteiger partial charge in [-0.3, -0.25) is 4.79 Å². The fourth-order valence-corrected chi connectivity index (χ4v) is 5.67. The van der Waals surface area contributed by atoms with Crippen molar-refractivity contribution in [2.75, 3.05) is 5.32 Å². The number of fused-ring (bicyclic) bond motifs is 1. The molecule has 0 aliphatic heterocycles. The van der Waals surface area contributed by atoms with Gasteiger partial charge in [0.25, 0.3) is 5.91 Å². The Hall–Kier alpha value is -3.22. The zero-order chi connectivity index (χ0) is 24.0. The minimum Gasteiger partial charge on any atom is -0.488 e. The van der Waals surface area contributed by atoms with Gasteiger partial charge < -0.3 is 10.1 Å². The Morgan fingerprint density at radius 2 is 1.71 bits per heavy atom. The van der Waals surface area contributed by atoms with Crippen molar-refractivity contribution in [3.63, 3.8) is 0 Å². The first-order valence-corrected chi connectivity index (χ1v) is 13.3. The summed E-state index contributed by atoms with van der Waals surface area (Å²) in [5, 5.41) is 3.81. The van der Waals surface area contributed by atoms with Crippen LogP contribution in [0, 0.1) is 0 Å². The lowest BCUT2D eigenvalue weighted by atomic mass is 9.95. The molecule has 0 spiro atoms. The molecule has 1 aliphatic rings. The maximum Gasteiger partial charge on any atom is 0.259 e. The molecular weight excluding hydrogens is 520 g/mol. The third-order valence-electron chi connectivity index (χ3n) is 5.96. The van der Waals surface area contributed by atoms with Crippen LogP contribution in [-0.2, 0) is 19.4 Å². The summed E-state index contributed by atoms with van der Waals surface area (Å²) in [5.74, 6) is 0.665. The molecule has 0 saturated carbocycles. The number of nitrogens with zero attached hydrogens (tertiary/aromatic N) is 1. The molecule has 1 amide bonds. The highest BCUT2D eigenvalue weighted by Gasteiger charge is 2.25. The van der Waals surface area contributed by atoms with Crippen molar-refractivity contribution < 1.29 is 9.53 Å². The van der Waals surface area contributed by atoms with Gasteiger partial charge in [0, 0.05) is 26.8 Å². The number of rotatable bonds is 7. The van der Waals surface area contributed by atoms with Gasteiger partial charge in [-0.2, -0.15) is 0 Å². The Labute approximate surface area is 217 Å². The Bertz CT molecular complexity index is 1350. The Morgan fingerprint density at radius 1 is 0.971 bits per heavy atom. The second-order valence-corrected chi connectivity index (χ2v) is 10.4. The molecule has 3 aromatic carbocycles. The van der Waals surface area contributed by atoms with Crippen LogP contribution in [-0.4, -0.2) is 12.1 Å². The number of carbonyl (C=O) groups is 1. The van der Waals surface area contributed by atoms with Gasteiger partial charge in [-0.25, -0.2) is 4.99 Å². The summed E-state index contributed by atoms with van der Waals surface area (Å²) in [6.45, 7) is 0.468. The molecule has 1 heterocycles. The Balaban J connectivity index is 1.40. The van der Waals surface area contributed by atoms with Gasteiger partial charge in [0.2, 0.25) is 0 Å². The molecule has 0 unspecified atom stereocenters. The van der Waals surface area contributed by atoms with Crippen LogP contribution in [0.15, 0.2) is 88.3 Å². The van der Waals surface area contributed by atoms with Crippen LogP contribution < -0.4 is 10.1 Å². The van der Waals surface area contributed by atoms with Crippen LogP contribution in [0.2, 0.25) is 0 Å². The molecule has 6 heteroatoms. The largest absolute Gasteiger partial charge is 0.488 e. The summed E-state index contributed by atoms with van der Waals surface area (Å²) in [7, 11) is 0. The molecule has 0 saturated heterocycles. The number of benzene rings is 3. The highest BCUT2D eigenvalue weighted by molar-refractivity contribution is 9.10. The van der Waals surface area contributed by atoms with Crippen molar-refractivity contribution in [3.05, 3.63) is 110 Å². The van der Waals surface area contributed by atoms with Crippen LogP contribution in [0.1, 0.15) is 44.8 Å². The quantitative estimate of drug-likeness (QED) is 0.240. The van der Waals surface area contributed by atoms with Gasteiger partial charge in [0.05, 0.1) is 5.56 Å². The van der Waals surface area contributed by atoms with Gasteiger partial charge >= 0.3 is 0 Å². The summed E-state index contributed by atoms with van der Waals surface area (Å²) in [6.07, 6.45) is 6.00. The number of para-hydroxylation sites is 2. The summed E-state index contributed by atoms with van der Waals surface area (Å²) < 4.78 is 7.15. The number of aliphatic imine (C=N–C) groups is 1. The van der Waals surface area contributed by atoms with Crippen LogP contribution >= 0.6 is 27.3 Å². The number of hydrogen-bond acceptors (Lipinski definition) is 4. The lowest BCUT2D eigenvalue weighted by molar-refractivity contribution is 0.102. The summed E-state index contributed by atoms with van der Waals surface area (Å²) in [5.41, 5.74) is 4.62. The maximum atomic E-state index is 13.3. The average molecular weight is 546 g/mol. The fraction of sp³-hybridized carbons (Fsp3) is 0.172. The van der Waals surface area contributed by atoms with Crippen molar-refractivity contribution in [1.29, 1.82) is 0 Å². The molecule has 1 N–H and O–H groups in total. The van der Waals surface area contributed by atoms with E-state index in [1.54, 1.807) is 11.3 Å². The third-order valence-corrected chi connectivity index (χ3v) is 7.69. The lowest BCUT2D eigenvalue weighted by Gasteiger charge is -2.12. The van der Waals surface area contributed by atoms with Gasteiger partial charge in [-0.15, -0.1) is 11.3 Å². The summed E-state index contributed by atoms with van der Waals surface area (Å²) >= 11 is 5.10. The van der Waals surface area contributed by atoms with Crippen molar-refractivity contribution >= 4 is 50.1 Å². The molecule has 4 nitrogen and oxygen atoms in total. The predicted molar refractivity (Wildman–Crippen MR) is 148 cm³/mol. The normalized spacial score (nSPS) is 12.9. The number of amides is 1. The first kappa shape index (κ1) is 23.5. The van der Waals surface area contributed by atoms with Crippen LogP contribution in [0.5, 0.6) is 5.75 Å². The van der Waals surface area contributed by atoms with E-state index in [4.69, 9.17) is 9.73 Å². The summed E-state index contributed by atoms with van der Waals surface area (Å²) in [6, 6.07) is 25.5. The van der Waals surface area contributed by atoms with Crippen LogP contribution in [0.3, 0.4) is 0 Å². The van der Waals surface area contributed by atoms with E-state index in [-0.39, 0.29) is 5.91 Å². The molecular formula is C29H25BrN2O2S. The molecule has 0 radical (unpaired) electrons. The zero-order valence-corrected chi connectivity index (χ0v) is 21.6. The van der Waals surface area contributed by atoms with Gasteiger partial charge in [0.1, 0.15) is 17.4 Å². The number of nitrogens with one attached hydrogen (secondary N) is 1. The molecule has 5 rings (SSSR count). The number of carbonyl (C=O) groups excluding carboxylic acids is 1. The first-order valence-electron chi connectivity index (χ1n) is 11.7. The minimum absolute atomic E-state index is 0.0949. The Kier molecular flexibility index (Phi) is 7.40. The van der Waals surface area contributed by atoms with Crippen LogP contribution in [0.25, 0.3) is 0 Å². The molecule has 4 aromatic rings. The van der Waals surface area contributed by atoms with E-state index in [9.17, 15) is 4.79 Å². The van der Waals surface area contributed by atoms with Crippen molar-refractivity contribution in [2.45, 2.75) is 32.3 Å². The van der Waals surface area contributed by atoms with E-state index in [1.807, 2.05) is 85.1 Å². The van der Waals surface area contributed by atoms with E-state index >= 15 is 0 Å². The summed E-state index contributed by atoms with van der Waals surface area (Å²) in [4.78, 5) is 19.4. The number of aryl methyl sites for hydroxylation is 1. The minimum atomic E-state index is -0.0949. The maximum absolute atomic E-state index is 13.3. The van der Waals surface area contributed by atoms with Crippen molar-refractivity contribution in [3.8, 4) is 5.75 Å².